The van der Waals surface area contributed by atoms with Gasteiger partial charge in [-0.1, -0.05) is 0 Å². The van der Waals surface area contributed by atoms with Gasteiger partial charge < -0.3 is 4.90 Å². The summed E-state index contributed by atoms with van der Waals surface area (Å²) in [6.45, 7) is 3.01. The molecule has 0 aliphatic carbocycles. The van der Waals surface area contributed by atoms with Gasteiger partial charge in [0.25, 0.3) is 0 Å². The number of nitrogens with zero attached hydrogens (tertiary/aromatic N) is 6. The highest BCUT2D eigenvalue weighted by molar-refractivity contribution is 7.17. The number of anilines is 1. The van der Waals surface area contributed by atoms with Crippen LogP contribution >= 0.6 is 11.3 Å². The zero-order valence-electron chi connectivity index (χ0n) is 11.6. The van der Waals surface area contributed by atoms with E-state index in [1.54, 1.807) is 30.3 Å². The Morgan fingerprint density at radius 3 is 3.19 bits per heavy atom. The van der Waals surface area contributed by atoms with Crippen LogP contribution in [0.4, 0.5) is 5.82 Å². The van der Waals surface area contributed by atoms with Gasteiger partial charge in [0.05, 0.1) is 10.2 Å². The molecule has 3 aromatic heterocycles. The standard InChI is InChI=1S/C14H16N6S/c1-2-11(7-20-10-15-8-18-20)6-19(4-1)14-13-12(3-5-21-13)16-9-17-14/h3,5,8-11H,1-2,4,6-7H2/t11-/m0/s1. The Balaban J connectivity index is 1.56. The van der Waals surface area contributed by atoms with E-state index in [1.165, 1.54) is 17.5 Å². The predicted octanol–water partition coefficient (Wildman–Crippen LogP) is 2.20. The number of piperidine rings is 1. The first-order valence-corrected chi connectivity index (χ1v) is 8.03. The number of aromatic nitrogens is 5. The van der Waals surface area contributed by atoms with Gasteiger partial charge in [-0.05, 0) is 30.2 Å². The zero-order valence-corrected chi connectivity index (χ0v) is 12.4. The summed E-state index contributed by atoms with van der Waals surface area (Å²) in [5.74, 6) is 1.67. The largest absolute Gasteiger partial charge is 0.355 e. The Morgan fingerprint density at radius 2 is 2.29 bits per heavy atom. The van der Waals surface area contributed by atoms with Crippen molar-refractivity contribution in [2.75, 3.05) is 18.0 Å². The van der Waals surface area contributed by atoms with Crippen molar-refractivity contribution in [3.05, 3.63) is 30.4 Å². The second kappa shape index (κ2) is 5.40. The molecule has 0 N–H and O–H groups in total. The lowest BCUT2D eigenvalue weighted by Crippen LogP contribution is -2.37. The maximum Gasteiger partial charge on any atom is 0.150 e. The van der Waals surface area contributed by atoms with Crippen molar-refractivity contribution in [1.29, 1.82) is 0 Å². The van der Waals surface area contributed by atoms with Crippen molar-refractivity contribution in [2.24, 2.45) is 5.92 Å². The summed E-state index contributed by atoms with van der Waals surface area (Å²) in [5, 5.41) is 6.30. The Labute approximate surface area is 126 Å². The summed E-state index contributed by atoms with van der Waals surface area (Å²) in [6, 6.07) is 2.06. The number of thiophene rings is 1. The molecule has 7 heteroatoms. The van der Waals surface area contributed by atoms with Crippen molar-refractivity contribution in [3.8, 4) is 0 Å². The molecular formula is C14H16N6S. The fourth-order valence-corrected chi connectivity index (χ4v) is 3.86. The van der Waals surface area contributed by atoms with Gasteiger partial charge in [-0.2, -0.15) is 5.10 Å². The summed E-state index contributed by atoms with van der Waals surface area (Å²) in [7, 11) is 0. The van der Waals surface area contributed by atoms with E-state index in [0.717, 1.165) is 31.0 Å². The van der Waals surface area contributed by atoms with Crippen LogP contribution in [0.2, 0.25) is 0 Å². The number of hydrogen-bond acceptors (Lipinski definition) is 6. The first-order chi connectivity index (χ1) is 10.4. The lowest BCUT2D eigenvalue weighted by Gasteiger charge is -2.33. The molecule has 1 saturated heterocycles. The smallest absolute Gasteiger partial charge is 0.150 e. The molecule has 0 radical (unpaired) electrons. The molecule has 0 spiro atoms. The van der Waals surface area contributed by atoms with Gasteiger partial charge in [0.2, 0.25) is 0 Å². The van der Waals surface area contributed by atoms with Gasteiger partial charge in [0.15, 0.2) is 0 Å². The molecular weight excluding hydrogens is 284 g/mol. The highest BCUT2D eigenvalue weighted by atomic mass is 32.1. The molecule has 1 atom stereocenters. The molecule has 0 bridgehead atoms. The van der Waals surface area contributed by atoms with Crippen LogP contribution in [0.1, 0.15) is 12.8 Å². The molecule has 21 heavy (non-hydrogen) atoms. The normalized spacial score (nSPS) is 19.2. The van der Waals surface area contributed by atoms with Crippen molar-refractivity contribution in [3.63, 3.8) is 0 Å². The van der Waals surface area contributed by atoms with E-state index in [2.05, 4.69) is 36.4 Å². The summed E-state index contributed by atoms with van der Waals surface area (Å²) in [6.07, 6.45) is 7.48. The minimum atomic E-state index is 0.588. The molecule has 1 aliphatic rings. The average Bonchev–Trinajstić information content (AvgIpc) is 3.18. The summed E-state index contributed by atoms with van der Waals surface area (Å²) in [4.78, 5) is 15.3. The fraction of sp³-hybridized carbons (Fsp3) is 0.429. The third-order valence-electron chi connectivity index (χ3n) is 3.95. The minimum Gasteiger partial charge on any atom is -0.355 e. The number of rotatable bonds is 3. The fourth-order valence-electron chi connectivity index (χ4n) is 3.00. The average molecular weight is 300 g/mol. The third kappa shape index (κ3) is 2.49. The van der Waals surface area contributed by atoms with E-state index < -0.39 is 0 Å². The van der Waals surface area contributed by atoms with Gasteiger partial charge in [0, 0.05) is 19.6 Å². The Hall–Kier alpha value is -2.02. The van der Waals surface area contributed by atoms with Crippen molar-refractivity contribution >= 4 is 27.4 Å². The molecule has 1 fully saturated rings. The monoisotopic (exact) mass is 300 g/mol. The van der Waals surface area contributed by atoms with Gasteiger partial charge in [-0.3, -0.25) is 4.68 Å². The van der Waals surface area contributed by atoms with Crippen molar-refractivity contribution in [1.82, 2.24) is 24.7 Å². The molecule has 0 unspecified atom stereocenters. The van der Waals surface area contributed by atoms with Crippen LogP contribution in [0.5, 0.6) is 0 Å². The molecule has 108 valence electrons. The second-order valence-corrected chi connectivity index (χ2v) is 6.32. The SMILES string of the molecule is c1nc(N2CCC[C@H](Cn3cncn3)C2)c2sccc2n1. The van der Waals surface area contributed by atoms with Crippen LogP contribution in [0.3, 0.4) is 0 Å². The predicted molar refractivity (Wildman–Crippen MR) is 82.4 cm³/mol. The highest BCUT2D eigenvalue weighted by Gasteiger charge is 2.23. The Bertz CT molecular complexity index is 722. The number of fused-ring (bicyclic) bond motifs is 1. The molecule has 6 nitrogen and oxygen atoms in total. The quantitative estimate of drug-likeness (QED) is 0.742. The second-order valence-electron chi connectivity index (χ2n) is 5.40. The molecule has 1 aliphatic heterocycles. The molecule has 0 aromatic carbocycles. The van der Waals surface area contributed by atoms with Crippen LogP contribution in [0, 0.1) is 5.92 Å². The lowest BCUT2D eigenvalue weighted by atomic mass is 9.98. The Morgan fingerprint density at radius 1 is 1.29 bits per heavy atom. The first-order valence-electron chi connectivity index (χ1n) is 7.16. The minimum absolute atomic E-state index is 0.588. The van der Waals surface area contributed by atoms with Crippen LogP contribution in [-0.2, 0) is 6.54 Å². The number of hydrogen-bond donors (Lipinski definition) is 0. The van der Waals surface area contributed by atoms with E-state index in [-0.39, 0.29) is 0 Å². The molecule has 0 amide bonds. The Kier molecular flexibility index (Phi) is 3.27. The topological polar surface area (TPSA) is 59.7 Å². The van der Waals surface area contributed by atoms with Crippen molar-refractivity contribution in [2.45, 2.75) is 19.4 Å². The summed E-state index contributed by atoms with van der Waals surface area (Å²) in [5.41, 5.74) is 1.04. The van der Waals surface area contributed by atoms with Gasteiger partial charge in [0.1, 0.15) is 24.8 Å². The molecule has 0 saturated carbocycles. The van der Waals surface area contributed by atoms with Crippen LogP contribution < -0.4 is 4.90 Å². The van der Waals surface area contributed by atoms with Gasteiger partial charge >= 0.3 is 0 Å². The maximum absolute atomic E-state index is 4.52. The van der Waals surface area contributed by atoms with Crippen LogP contribution in [0.15, 0.2) is 30.4 Å². The molecule has 4 heterocycles. The van der Waals surface area contributed by atoms with Gasteiger partial charge in [-0.15, -0.1) is 11.3 Å². The lowest BCUT2D eigenvalue weighted by molar-refractivity contribution is 0.351. The third-order valence-corrected chi connectivity index (χ3v) is 4.85. The molecule has 3 aromatic rings. The molecule has 4 rings (SSSR count). The van der Waals surface area contributed by atoms with E-state index in [9.17, 15) is 0 Å². The van der Waals surface area contributed by atoms with E-state index >= 15 is 0 Å². The van der Waals surface area contributed by atoms with Crippen LogP contribution in [-0.4, -0.2) is 37.8 Å². The van der Waals surface area contributed by atoms with E-state index in [0.29, 0.717) is 5.92 Å². The van der Waals surface area contributed by atoms with Crippen molar-refractivity contribution < 1.29 is 0 Å². The maximum atomic E-state index is 4.52. The van der Waals surface area contributed by atoms with E-state index in [1.807, 2.05) is 4.68 Å². The summed E-state index contributed by atoms with van der Waals surface area (Å²) < 4.78 is 3.12. The van der Waals surface area contributed by atoms with Crippen LogP contribution in [0.25, 0.3) is 10.2 Å². The van der Waals surface area contributed by atoms with Gasteiger partial charge in [-0.25, -0.2) is 15.0 Å². The highest BCUT2D eigenvalue weighted by Crippen LogP contribution is 2.31. The summed E-state index contributed by atoms with van der Waals surface area (Å²) >= 11 is 1.72. The first kappa shape index (κ1) is 12.7. The zero-order chi connectivity index (χ0) is 14.1. The van der Waals surface area contributed by atoms with E-state index in [4.69, 9.17) is 0 Å².